The second kappa shape index (κ2) is 6.19. The number of fused-ring (bicyclic) bond motifs is 1. The molecule has 24 heavy (non-hydrogen) atoms. The zero-order valence-electron chi connectivity index (χ0n) is 13.4. The second-order valence-electron chi connectivity index (χ2n) is 5.47. The SMILES string of the molecule is Cc1nc2c(C(=O)O)c(C)[nH]n2c(=O)c1CCOc1ccccc1. The molecule has 0 aliphatic rings. The number of rotatable bonds is 5. The molecule has 0 aliphatic carbocycles. The van der Waals surface area contributed by atoms with Crippen molar-refractivity contribution in [1.82, 2.24) is 14.6 Å². The number of hydrogen-bond donors (Lipinski definition) is 2. The third kappa shape index (κ3) is 2.76. The van der Waals surface area contributed by atoms with Crippen LogP contribution in [0.5, 0.6) is 5.75 Å². The molecule has 2 heterocycles. The lowest BCUT2D eigenvalue weighted by atomic mass is 10.1. The van der Waals surface area contributed by atoms with Crippen LogP contribution < -0.4 is 10.3 Å². The van der Waals surface area contributed by atoms with Gasteiger partial charge in [0.2, 0.25) is 0 Å². The van der Waals surface area contributed by atoms with Gasteiger partial charge in [0.15, 0.2) is 5.65 Å². The minimum atomic E-state index is -1.11. The highest BCUT2D eigenvalue weighted by molar-refractivity contribution is 5.95. The van der Waals surface area contributed by atoms with Gasteiger partial charge in [0.25, 0.3) is 5.56 Å². The molecule has 124 valence electrons. The van der Waals surface area contributed by atoms with E-state index >= 15 is 0 Å². The number of nitrogens with one attached hydrogen (secondary N) is 1. The Balaban J connectivity index is 1.92. The predicted molar refractivity (Wildman–Crippen MR) is 87.9 cm³/mol. The first kappa shape index (κ1) is 15.8. The number of carbonyl (C=O) groups is 1. The topological polar surface area (TPSA) is 96.7 Å². The van der Waals surface area contributed by atoms with E-state index in [-0.39, 0.29) is 16.8 Å². The normalized spacial score (nSPS) is 10.9. The van der Waals surface area contributed by atoms with Crippen LogP contribution in [0.2, 0.25) is 0 Å². The van der Waals surface area contributed by atoms with Crippen LogP contribution >= 0.6 is 0 Å². The molecule has 3 rings (SSSR count). The van der Waals surface area contributed by atoms with E-state index in [1.807, 2.05) is 30.3 Å². The zero-order valence-corrected chi connectivity index (χ0v) is 13.4. The standard InChI is InChI=1S/C17H17N3O4/c1-10-13(8-9-24-12-6-4-3-5-7-12)16(21)20-15(18-10)14(17(22)23)11(2)19-20/h3-7,19H,8-9H2,1-2H3,(H,22,23). The van der Waals surface area contributed by atoms with Crippen molar-refractivity contribution in [3.05, 3.63) is 63.2 Å². The Kier molecular flexibility index (Phi) is 4.07. The minimum absolute atomic E-state index is 0.0160. The number of benzene rings is 1. The third-order valence-corrected chi connectivity index (χ3v) is 3.84. The van der Waals surface area contributed by atoms with E-state index in [2.05, 4.69) is 10.1 Å². The van der Waals surface area contributed by atoms with E-state index in [4.69, 9.17) is 4.74 Å². The molecule has 0 radical (unpaired) electrons. The maximum Gasteiger partial charge on any atom is 0.341 e. The smallest absolute Gasteiger partial charge is 0.341 e. The Morgan fingerprint density at radius 1 is 1.29 bits per heavy atom. The predicted octanol–water partition coefficient (Wildman–Crippen LogP) is 1.96. The first-order valence-electron chi connectivity index (χ1n) is 7.51. The van der Waals surface area contributed by atoms with E-state index in [0.29, 0.717) is 30.0 Å². The average molecular weight is 327 g/mol. The molecule has 0 amide bonds. The van der Waals surface area contributed by atoms with Crippen LogP contribution in [0.25, 0.3) is 5.65 Å². The second-order valence-corrected chi connectivity index (χ2v) is 5.47. The van der Waals surface area contributed by atoms with Gasteiger partial charge in [0, 0.05) is 23.4 Å². The number of para-hydroxylation sites is 1. The molecule has 1 aromatic carbocycles. The lowest BCUT2D eigenvalue weighted by molar-refractivity contribution is 0.0698. The van der Waals surface area contributed by atoms with Crippen molar-refractivity contribution in [1.29, 1.82) is 0 Å². The number of ether oxygens (including phenoxy) is 1. The quantitative estimate of drug-likeness (QED) is 0.746. The fourth-order valence-corrected chi connectivity index (χ4v) is 2.66. The molecule has 7 nitrogen and oxygen atoms in total. The summed E-state index contributed by atoms with van der Waals surface area (Å²) in [6.07, 6.45) is 0.385. The summed E-state index contributed by atoms with van der Waals surface area (Å²) in [5.74, 6) is -0.383. The van der Waals surface area contributed by atoms with Gasteiger partial charge in [0.1, 0.15) is 11.3 Å². The summed E-state index contributed by atoms with van der Waals surface area (Å²) in [5.41, 5.74) is 1.26. The Morgan fingerprint density at radius 3 is 2.67 bits per heavy atom. The number of carboxylic acid groups (broad SMARTS) is 1. The molecule has 2 aromatic heterocycles. The molecule has 0 aliphatic heterocycles. The van der Waals surface area contributed by atoms with E-state index in [1.165, 1.54) is 4.52 Å². The van der Waals surface area contributed by atoms with Crippen LogP contribution in [0.3, 0.4) is 0 Å². The summed E-state index contributed by atoms with van der Waals surface area (Å²) in [6.45, 7) is 3.64. The molecule has 3 aromatic rings. The average Bonchev–Trinajstić information content (AvgIpc) is 2.88. The van der Waals surface area contributed by atoms with E-state index < -0.39 is 5.97 Å². The number of carboxylic acids is 1. The lowest BCUT2D eigenvalue weighted by Crippen LogP contribution is -2.23. The molecule has 0 unspecified atom stereocenters. The van der Waals surface area contributed by atoms with Crippen LogP contribution in [0.15, 0.2) is 35.1 Å². The molecule has 2 N–H and O–H groups in total. The molecular formula is C17H17N3O4. The van der Waals surface area contributed by atoms with Gasteiger partial charge >= 0.3 is 5.97 Å². The van der Waals surface area contributed by atoms with Gasteiger partial charge in [-0.25, -0.2) is 14.3 Å². The summed E-state index contributed by atoms with van der Waals surface area (Å²) in [6, 6.07) is 9.33. The molecule has 0 saturated carbocycles. The maximum atomic E-state index is 12.6. The van der Waals surface area contributed by atoms with Crippen molar-refractivity contribution in [2.24, 2.45) is 0 Å². The minimum Gasteiger partial charge on any atom is -0.493 e. The summed E-state index contributed by atoms with van der Waals surface area (Å²) in [7, 11) is 0. The summed E-state index contributed by atoms with van der Waals surface area (Å²) < 4.78 is 6.80. The van der Waals surface area contributed by atoms with Gasteiger partial charge in [-0.3, -0.25) is 9.89 Å². The Hall–Kier alpha value is -3.09. The highest BCUT2D eigenvalue weighted by Gasteiger charge is 2.20. The van der Waals surface area contributed by atoms with Crippen molar-refractivity contribution in [3.8, 4) is 5.75 Å². The number of aromatic carboxylic acids is 1. The van der Waals surface area contributed by atoms with Gasteiger partial charge in [-0.05, 0) is 26.0 Å². The van der Waals surface area contributed by atoms with Crippen molar-refractivity contribution >= 4 is 11.6 Å². The first-order valence-corrected chi connectivity index (χ1v) is 7.51. The van der Waals surface area contributed by atoms with Crippen molar-refractivity contribution < 1.29 is 14.6 Å². The van der Waals surface area contributed by atoms with Crippen molar-refractivity contribution in [2.45, 2.75) is 20.3 Å². The van der Waals surface area contributed by atoms with E-state index in [0.717, 1.165) is 5.75 Å². The number of aryl methyl sites for hydroxylation is 2. The molecule has 0 atom stereocenters. The zero-order chi connectivity index (χ0) is 17.3. The largest absolute Gasteiger partial charge is 0.493 e. The number of hydrogen-bond acceptors (Lipinski definition) is 4. The number of aromatic nitrogens is 3. The number of nitrogens with zero attached hydrogens (tertiary/aromatic N) is 2. The highest BCUT2D eigenvalue weighted by atomic mass is 16.5. The van der Waals surface area contributed by atoms with E-state index in [1.54, 1.807) is 13.8 Å². The fraction of sp³-hybridized carbons (Fsp3) is 0.235. The lowest BCUT2D eigenvalue weighted by Gasteiger charge is -2.08. The fourth-order valence-electron chi connectivity index (χ4n) is 2.66. The van der Waals surface area contributed by atoms with Gasteiger partial charge in [-0.15, -0.1) is 0 Å². The van der Waals surface area contributed by atoms with Crippen LogP contribution in [0.1, 0.15) is 27.3 Å². The highest BCUT2D eigenvalue weighted by Crippen LogP contribution is 2.14. The Morgan fingerprint density at radius 2 is 2.00 bits per heavy atom. The van der Waals surface area contributed by atoms with E-state index in [9.17, 15) is 14.7 Å². The number of H-pyrrole nitrogens is 1. The first-order chi connectivity index (χ1) is 11.5. The Bertz CT molecular complexity index is 957. The van der Waals surface area contributed by atoms with Crippen LogP contribution in [-0.4, -0.2) is 32.3 Å². The summed E-state index contributed by atoms with van der Waals surface area (Å²) in [4.78, 5) is 28.3. The summed E-state index contributed by atoms with van der Waals surface area (Å²) >= 11 is 0. The van der Waals surface area contributed by atoms with Gasteiger partial charge < -0.3 is 9.84 Å². The molecular weight excluding hydrogens is 310 g/mol. The molecule has 7 heteroatoms. The Labute approximate surface area is 137 Å². The van der Waals surface area contributed by atoms with Gasteiger partial charge in [0.05, 0.1) is 6.61 Å². The van der Waals surface area contributed by atoms with Crippen molar-refractivity contribution in [3.63, 3.8) is 0 Å². The molecule has 0 saturated heterocycles. The van der Waals surface area contributed by atoms with Crippen LogP contribution in [0, 0.1) is 13.8 Å². The molecule has 0 spiro atoms. The number of aromatic amines is 1. The summed E-state index contributed by atoms with van der Waals surface area (Å²) in [5, 5.41) is 12.0. The monoisotopic (exact) mass is 327 g/mol. The van der Waals surface area contributed by atoms with Crippen molar-refractivity contribution in [2.75, 3.05) is 6.61 Å². The third-order valence-electron chi connectivity index (χ3n) is 3.84. The molecule has 0 bridgehead atoms. The van der Waals surface area contributed by atoms with Crippen LogP contribution in [0.4, 0.5) is 0 Å². The van der Waals surface area contributed by atoms with Gasteiger partial charge in [-0.2, -0.15) is 0 Å². The maximum absolute atomic E-state index is 12.6. The van der Waals surface area contributed by atoms with Gasteiger partial charge in [-0.1, -0.05) is 18.2 Å². The molecule has 0 fully saturated rings. The van der Waals surface area contributed by atoms with Crippen LogP contribution in [-0.2, 0) is 6.42 Å².